The highest BCUT2D eigenvalue weighted by atomic mass is 16.5. The molecule has 0 aromatic carbocycles. The number of aromatic amines is 1. The molecule has 3 rings (SSSR count). The third kappa shape index (κ3) is 2.22. The molecule has 0 atom stereocenters. The molecule has 1 saturated carbocycles. The van der Waals surface area contributed by atoms with Crippen molar-refractivity contribution in [3.63, 3.8) is 0 Å². The number of fused-ring (bicyclic) bond motifs is 1. The Labute approximate surface area is 113 Å². The Kier molecular flexibility index (Phi) is 3.44. The fourth-order valence-corrected chi connectivity index (χ4v) is 3.48. The number of methoxy groups -OCH3 is 1. The van der Waals surface area contributed by atoms with Crippen LogP contribution >= 0.6 is 0 Å². The van der Waals surface area contributed by atoms with Crippen LogP contribution in [0.4, 0.5) is 0 Å². The molecule has 19 heavy (non-hydrogen) atoms. The van der Waals surface area contributed by atoms with E-state index in [2.05, 4.69) is 4.98 Å². The lowest BCUT2D eigenvalue weighted by Gasteiger charge is -2.26. The lowest BCUT2D eigenvalue weighted by atomic mass is 10.00. The second kappa shape index (κ2) is 5.08. The molecule has 2 aliphatic rings. The van der Waals surface area contributed by atoms with Crippen LogP contribution in [-0.4, -0.2) is 17.1 Å². The summed E-state index contributed by atoms with van der Waals surface area (Å²) in [5.41, 5.74) is 1.64. The molecule has 0 unspecified atom stereocenters. The number of nitrogens with one attached hydrogen (secondary N) is 1. The number of aromatic nitrogens is 2. The van der Waals surface area contributed by atoms with Gasteiger partial charge >= 0.3 is 0 Å². The molecule has 0 saturated heterocycles. The Balaban J connectivity index is 2.06. The Hall–Kier alpha value is -1.16. The van der Waals surface area contributed by atoms with Crippen molar-refractivity contribution in [3.8, 4) is 0 Å². The Morgan fingerprint density at radius 1 is 1.11 bits per heavy atom. The van der Waals surface area contributed by atoms with E-state index in [-0.39, 0.29) is 11.2 Å². The third-order valence-corrected chi connectivity index (χ3v) is 4.68. The van der Waals surface area contributed by atoms with Gasteiger partial charge in [0, 0.05) is 12.7 Å². The molecule has 1 fully saturated rings. The van der Waals surface area contributed by atoms with Crippen LogP contribution in [0.25, 0.3) is 0 Å². The quantitative estimate of drug-likeness (QED) is 0.833. The van der Waals surface area contributed by atoms with Gasteiger partial charge in [-0.3, -0.25) is 4.79 Å². The Morgan fingerprint density at radius 2 is 1.84 bits per heavy atom. The van der Waals surface area contributed by atoms with Crippen molar-refractivity contribution >= 4 is 0 Å². The molecule has 1 aromatic rings. The molecule has 1 N–H and O–H groups in total. The van der Waals surface area contributed by atoms with Crippen molar-refractivity contribution in [2.45, 2.75) is 63.4 Å². The average Bonchev–Trinajstić information content (AvgIpc) is 2.78. The van der Waals surface area contributed by atoms with E-state index in [9.17, 15) is 4.79 Å². The molecule has 0 bridgehead atoms. The Morgan fingerprint density at radius 3 is 2.58 bits per heavy atom. The number of nitrogens with zero attached hydrogens (tertiary/aromatic N) is 1. The standard InChI is InChI=1S/C15H22N2O2/c1-19-15(9-5-6-10-15)14-16-12-8-4-2-3-7-11(12)13(18)17-14/h2-10H2,1H3,(H,16,17,18). The van der Waals surface area contributed by atoms with E-state index in [0.717, 1.165) is 68.4 Å². The van der Waals surface area contributed by atoms with Crippen LogP contribution < -0.4 is 5.56 Å². The van der Waals surface area contributed by atoms with Gasteiger partial charge in [0.05, 0.1) is 5.69 Å². The Bertz CT molecular complexity index is 515. The smallest absolute Gasteiger partial charge is 0.254 e. The van der Waals surface area contributed by atoms with Crippen molar-refractivity contribution in [2.75, 3.05) is 7.11 Å². The molecule has 4 heteroatoms. The second-order valence-electron chi connectivity index (χ2n) is 5.81. The van der Waals surface area contributed by atoms with Crippen molar-refractivity contribution in [3.05, 3.63) is 27.4 Å². The van der Waals surface area contributed by atoms with Crippen LogP contribution in [0.2, 0.25) is 0 Å². The van der Waals surface area contributed by atoms with E-state index in [1.54, 1.807) is 7.11 Å². The van der Waals surface area contributed by atoms with Gasteiger partial charge in [-0.25, -0.2) is 4.98 Å². The minimum atomic E-state index is -0.347. The predicted octanol–water partition coefficient (Wildman–Crippen LogP) is 2.45. The molecular weight excluding hydrogens is 240 g/mol. The summed E-state index contributed by atoms with van der Waals surface area (Å²) in [6.07, 6.45) is 9.47. The lowest BCUT2D eigenvalue weighted by molar-refractivity contribution is -0.0167. The molecule has 0 radical (unpaired) electrons. The van der Waals surface area contributed by atoms with Gasteiger partial charge in [0.25, 0.3) is 5.56 Å². The first-order valence-corrected chi connectivity index (χ1v) is 7.43. The summed E-state index contributed by atoms with van der Waals surface area (Å²) in [6.45, 7) is 0. The van der Waals surface area contributed by atoms with Crippen LogP contribution in [0.1, 0.15) is 62.0 Å². The maximum atomic E-state index is 12.3. The molecule has 1 aromatic heterocycles. The van der Waals surface area contributed by atoms with Gasteiger partial charge in [-0.1, -0.05) is 6.42 Å². The minimum absolute atomic E-state index is 0.0604. The summed E-state index contributed by atoms with van der Waals surface area (Å²) >= 11 is 0. The summed E-state index contributed by atoms with van der Waals surface area (Å²) in [4.78, 5) is 20.1. The molecule has 4 nitrogen and oxygen atoms in total. The SMILES string of the molecule is COC1(c2nc3c(c(=O)[nH]2)CCCCC3)CCCC1. The van der Waals surface area contributed by atoms with Crippen LogP contribution in [0.5, 0.6) is 0 Å². The fraction of sp³-hybridized carbons (Fsp3) is 0.733. The van der Waals surface area contributed by atoms with Crippen molar-refractivity contribution in [1.82, 2.24) is 9.97 Å². The fourth-order valence-electron chi connectivity index (χ4n) is 3.48. The van der Waals surface area contributed by atoms with E-state index < -0.39 is 0 Å². The predicted molar refractivity (Wildman–Crippen MR) is 73.3 cm³/mol. The zero-order valence-electron chi connectivity index (χ0n) is 11.6. The van der Waals surface area contributed by atoms with Crippen LogP contribution in [0, 0.1) is 0 Å². The van der Waals surface area contributed by atoms with Gasteiger partial charge < -0.3 is 9.72 Å². The minimum Gasteiger partial charge on any atom is -0.370 e. The largest absolute Gasteiger partial charge is 0.370 e. The molecule has 0 spiro atoms. The van der Waals surface area contributed by atoms with Crippen LogP contribution in [0.15, 0.2) is 4.79 Å². The van der Waals surface area contributed by atoms with Gasteiger partial charge in [-0.05, 0) is 51.4 Å². The van der Waals surface area contributed by atoms with E-state index in [0.29, 0.717) is 0 Å². The number of hydrogen-bond donors (Lipinski definition) is 1. The summed E-state index contributed by atoms with van der Waals surface area (Å²) in [5.74, 6) is 0.762. The van der Waals surface area contributed by atoms with Crippen molar-refractivity contribution < 1.29 is 4.74 Å². The number of rotatable bonds is 2. The molecule has 2 aliphatic carbocycles. The molecule has 0 aliphatic heterocycles. The van der Waals surface area contributed by atoms with Gasteiger partial charge in [-0.15, -0.1) is 0 Å². The lowest BCUT2D eigenvalue weighted by Crippen LogP contribution is -2.32. The van der Waals surface area contributed by atoms with E-state index in [1.165, 1.54) is 6.42 Å². The average molecular weight is 262 g/mol. The van der Waals surface area contributed by atoms with Gasteiger partial charge in [0.2, 0.25) is 0 Å². The molecular formula is C15H22N2O2. The monoisotopic (exact) mass is 262 g/mol. The highest BCUT2D eigenvalue weighted by Gasteiger charge is 2.38. The summed E-state index contributed by atoms with van der Waals surface area (Å²) in [6, 6.07) is 0. The summed E-state index contributed by atoms with van der Waals surface area (Å²) in [7, 11) is 1.73. The van der Waals surface area contributed by atoms with E-state index in [1.807, 2.05) is 0 Å². The van der Waals surface area contributed by atoms with E-state index >= 15 is 0 Å². The van der Waals surface area contributed by atoms with Crippen LogP contribution in [0.3, 0.4) is 0 Å². The first-order chi connectivity index (χ1) is 9.25. The molecule has 104 valence electrons. The topological polar surface area (TPSA) is 55.0 Å². The van der Waals surface area contributed by atoms with Gasteiger partial charge in [-0.2, -0.15) is 0 Å². The van der Waals surface area contributed by atoms with Gasteiger partial charge in [0.15, 0.2) is 0 Å². The summed E-state index contributed by atoms with van der Waals surface area (Å²) in [5, 5.41) is 0. The van der Waals surface area contributed by atoms with Gasteiger partial charge in [0.1, 0.15) is 11.4 Å². The van der Waals surface area contributed by atoms with Crippen molar-refractivity contribution in [2.24, 2.45) is 0 Å². The van der Waals surface area contributed by atoms with E-state index in [4.69, 9.17) is 9.72 Å². The number of aryl methyl sites for hydroxylation is 1. The highest BCUT2D eigenvalue weighted by molar-refractivity contribution is 5.22. The number of ether oxygens (including phenoxy) is 1. The maximum absolute atomic E-state index is 12.3. The maximum Gasteiger partial charge on any atom is 0.254 e. The first kappa shape index (κ1) is 12.9. The second-order valence-corrected chi connectivity index (χ2v) is 5.81. The zero-order chi connectivity index (χ0) is 13.3. The van der Waals surface area contributed by atoms with Crippen molar-refractivity contribution in [1.29, 1.82) is 0 Å². The first-order valence-electron chi connectivity index (χ1n) is 7.43. The molecule has 0 amide bonds. The van der Waals surface area contributed by atoms with Crippen LogP contribution in [-0.2, 0) is 23.2 Å². The summed E-state index contributed by atoms with van der Waals surface area (Å²) < 4.78 is 5.73. The number of H-pyrrole nitrogens is 1. The number of hydrogen-bond acceptors (Lipinski definition) is 3. The third-order valence-electron chi connectivity index (χ3n) is 4.68. The highest BCUT2D eigenvalue weighted by Crippen LogP contribution is 2.39. The zero-order valence-corrected chi connectivity index (χ0v) is 11.6. The normalized spacial score (nSPS) is 21.9. The molecule has 1 heterocycles.